The minimum absolute atomic E-state index is 0.163. The highest BCUT2D eigenvalue weighted by molar-refractivity contribution is 5.54. The van der Waals surface area contributed by atoms with Crippen LogP contribution in [0.5, 0.6) is 5.75 Å². The zero-order valence-corrected chi connectivity index (χ0v) is 11.2. The van der Waals surface area contributed by atoms with Crippen molar-refractivity contribution in [3.05, 3.63) is 41.2 Å². The number of aryl methyl sites for hydroxylation is 2. The van der Waals surface area contributed by atoms with E-state index < -0.39 is 0 Å². The fourth-order valence-electron chi connectivity index (χ4n) is 2.08. The molecule has 2 aromatic rings. The number of hydrogen-bond acceptors (Lipinski definition) is 3. The number of aromatic amines is 1. The molecule has 0 fully saturated rings. The summed E-state index contributed by atoms with van der Waals surface area (Å²) < 4.78 is 5.38. The van der Waals surface area contributed by atoms with E-state index in [1.807, 2.05) is 32.0 Å². The Morgan fingerprint density at radius 2 is 2.00 bits per heavy atom. The number of nitrogens with zero attached hydrogens (tertiary/aromatic N) is 1. The van der Waals surface area contributed by atoms with E-state index in [4.69, 9.17) is 4.74 Å². The van der Waals surface area contributed by atoms with Crippen LogP contribution in [0, 0.1) is 13.8 Å². The molecule has 18 heavy (non-hydrogen) atoms. The first kappa shape index (κ1) is 12.5. The van der Waals surface area contributed by atoms with E-state index in [0.29, 0.717) is 0 Å². The van der Waals surface area contributed by atoms with Crippen LogP contribution in [0.25, 0.3) is 0 Å². The average Bonchev–Trinajstić information content (AvgIpc) is 2.70. The Morgan fingerprint density at radius 1 is 1.28 bits per heavy atom. The Bertz CT molecular complexity index is 514. The Hall–Kier alpha value is -1.97. The fraction of sp³-hybridized carbons (Fsp3) is 0.357. The molecule has 0 aliphatic heterocycles. The van der Waals surface area contributed by atoms with Crippen LogP contribution in [-0.2, 0) is 0 Å². The molecule has 0 amide bonds. The zero-order chi connectivity index (χ0) is 13.1. The number of aromatic nitrogens is 2. The molecule has 1 heterocycles. The van der Waals surface area contributed by atoms with E-state index in [1.165, 1.54) is 0 Å². The molecular weight excluding hydrogens is 226 g/mol. The summed E-state index contributed by atoms with van der Waals surface area (Å²) in [7, 11) is 1.69. The first-order valence-corrected chi connectivity index (χ1v) is 6.04. The highest BCUT2D eigenvalue weighted by Gasteiger charge is 2.14. The van der Waals surface area contributed by atoms with E-state index in [1.54, 1.807) is 7.11 Å². The predicted octanol–water partition coefficient (Wildman–Crippen LogP) is 3.21. The molecule has 1 atom stereocenters. The molecule has 4 nitrogen and oxygen atoms in total. The topological polar surface area (TPSA) is 49.9 Å². The van der Waals surface area contributed by atoms with Gasteiger partial charge in [-0.15, -0.1) is 0 Å². The Kier molecular flexibility index (Phi) is 3.55. The second kappa shape index (κ2) is 5.12. The highest BCUT2D eigenvalue weighted by Crippen LogP contribution is 2.29. The lowest BCUT2D eigenvalue weighted by Gasteiger charge is -2.18. The predicted molar refractivity (Wildman–Crippen MR) is 73.1 cm³/mol. The summed E-state index contributed by atoms with van der Waals surface area (Å²) in [5.41, 5.74) is 4.23. The van der Waals surface area contributed by atoms with Crippen molar-refractivity contribution in [2.24, 2.45) is 0 Å². The molecule has 0 spiro atoms. The first-order valence-electron chi connectivity index (χ1n) is 6.04. The van der Waals surface area contributed by atoms with E-state index >= 15 is 0 Å². The van der Waals surface area contributed by atoms with Gasteiger partial charge in [0.1, 0.15) is 5.75 Å². The normalized spacial score (nSPS) is 12.2. The van der Waals surface area contributed by atoms with E-state index in [9.17, 15) is 0 Å². The lowest BCUT2D eigenvalue weighted by molar-refractivity contribution is 0.408. The molecular formula is C14H19N3O. The van der Waals surface area contributed by atoms with Crippen molar-refractivity contribution in [1.29, 1.82) is 0 Å². The van der Waals surface area contributed by atoms with Gasteiger partial charge in [-0.05, 0) is 26.8 Å². The lowest BCUT2D eigenvalue weighted by Crippen LogP contribution is -2.09. The minimum atomic E-state index is 0.163. The van der Waals surface area contributed by atoms with Gasteiger partial charge in [0.05, 0.1) is 30.2 Å². The Morgan fingerprint density at radius 3 is 2.61 bits per heavy atom. The molecule has 0 aliphatic carbocycles. The molecule has 0 saturated heterocycles. The number of anilines is 1. The van der Waals surface area contributed by atoms with Crippen LogP contribution in [-0.4, -0.2) is 17.3 Å². The van der Waals surface area contributed by atoms with Crippen molar-refractivity contribution < 1.29 is 4.74 Å². The van der Waals surface area contributed by atoms with Crippen molar-refractivity contribution in [2.75, 3.05) is 12.4 Å². The summed E-state index contributed by atoms with van der Waals surface area (Å²) in [6, 6.07) is 8.20. The van der Waals surface area contributed by atoms with Crippen LogP contribution in [0.15, 0.2) is 24.3 Å². The number of para-hydroxylation sites is 1. The van der Waals surface area contributed by atoms with Crippen LogP contribution in [0.1, 0.15) is 29.9 Å². The maximum Gasteiger partial charge on any atom is 0.124 e. The smallest absolute Gasteiger partial charge is 0.124 e. The third-order valence-electron chi connectivity index (χ3n) is 3.09. The highest BCUT2D eigenvalue weighted by atomic mass is 16.5. The first-order chi connectivity index (χ1) is 8.63. The molecule has 0 bridgehead atoms. The van der Waals surface area contributed by atoms with Gasteiger partial charge in [0.25, 0.3) is 0 Å². The number of ether oxygens (including phenoxy) is 1. The van der Waals surface area contributed by atoms with Gasteiger partial charge < -0.3 is 10.1 Å². The van der Waals surface area contributed by atoms with E-state index in [0.717, 1.165) is 28.4 Å². The lowest BCUT2D eigenvalue weighted by atomic mass is 10.1. The van der Waals surface area contributed by atoms with Crippen LogP contribution < -0.4 is 10.1 Å². The average molecular weight is 245 g/mol. The second-order valence-corrected chi connectivity index (χ2v) is 4.42. The summed E-state index contributed by atoms with van der Waals surface area (Å²) in [6.45, 7) is 6.11. The third-order valence-corrected chi connectivity index (χ3v) is 3.09. The molecule has 2 N–H and O–H groups in total. The van der Waals surface area contributed by atoms with Gasteiger partial charge in [-0.2, -0.15) is 5.10 Å². The third kappa shape index (κ3) is 2.32. The second-order valence-electron chi connectivity index (χ2n) is 4.42. The summed E-state index contributed by atoms with van der Waals surface area (Å²) in [5.74, 6) is 0.899. The maximum absolute atomic E-state index is 5.38. The molecule has 1 aromatic carbocycles. The van der Waals surface area contributed by atoms with Gasteiger partial charge >= 0.3 is 0 Å². The minimum Gasteiger partial charge on any atom is -0.496 e. The van der Waals surface area contributed by atoms with Gasteiger partial charge in [0.2, 0.25) is 0 Å². The maximum atomic E-state index is 5.38. The number of hydrogen-bond donors (Lipinski definition) is 2. The van der Waals surface area contributed by atoms with Crippen LogP contribution >= 0.6 is 0 Å². The SMILES string of the molecule is COc1ccccc1C(C)Nc1c(C)n[nH]c1C. The number of methoxy groups -OCH3 is 1. The summed E-state index contributed by atoms with van der Waals surface area (Å²) in [6.07, 6.45) is 0. The van der Waals surface area contributed by atoms with Crippen LogP contribution in [0.2, 0.25) is 0 Å². The van der Waals surface area contributed by atoms with Crippen molar-refractivity contribution in [3.63, 3.8) is 0 Å². The zero-order valence-electron chi connectivity index (χ0n) is 11.2. The van der Waals surface area contributed by atoms with Crippen molar-refractivity contribution >= 4 is 5.69 Å². The molecule has 0 radical (unpaired) electrons. The van der Waals surface area contributed by atoms with Crippen molar-refractivity contribution in [1.82, 2.24) is 10.2 Å². The van der Waals surface area contributed by atoms with Gasteiger partial charge in [-0.1, -0.05) is 18.2 Å². The monoisotopic (exact) mass is 245 g/mol. The Labute approximate surface area is 107 Å². The van der Waals surface area contributed by atoms with Gasteiger partial charge in [-0.25, -0.2) is 0 Å². The molecule has 0 saturated carbocycles. The molecule has 1 aromatic heterocycles. The largest absolute Gasteiger partial charge is 0.496 e. The fourth-order valence-corrected chi connectivity index (χ4v) is 2.08. The number of rotatable bonds is 4. The number of nitrogens with one attached hydrogen (secondary N) is 2. The van der Waals surface area contributed by atoms with Crippen molar-refractivity contribution in [2.45, 2.75) is 26.8 Å². The van der Waals surface area contributed by atoms with E-state index in [-0.39, 0.29) is 6.04 Å². The molecule has 96 valence electrons. The Balaban J connectivity index is 2.24. The number of H-pyrrole nitrogens is 1. The quantitative estimate of drug-likeness (QED) is 0.869. The van der Waals surface area contributed by atoms with Crippen LogP contribution in [0.3, 0.4) is 0 Å². The standard InChI is InChI=1S/C14H19N3O/c1-9(12-7-5-6-8-13(12)18-4)15-14-10(2)16-17-11(14)3/h5-9,15H,1-4H3,(H,16,17). The molecule has 2 rings (SSSR count). The molecule has 4 heteroatoms. The number of benzene rings is 1. The summed E-state index contributed by atoms with van der Waals surface area (Å²) in [5, 5.41) is 10.6. The van der Waals surface area contributed by atoms with Crippen LogP contribution in [0.4, 0.5) is 5.69 Å². The van der Waals surface area contributed by atoms with E-state index in [2.05, 4.69) is 28.5 Å². The van der Waals surface area contributed by atoms with Crippen molar-refractivity contribution in [3.8, 4) is 5.75 Å². The molecule has 0 aliphatic rings. The summed E-state index contributed by atoms with van der Waals surface area (Å²) >= 11 is 0. The van der Waals surface area contributed by atoms with Gasteiger partial charge in [0.15, 0.2) is 0 Å². The summed E-state index contributed by atoms with van der Waals surface area (Å²) in [4.78, 5) is 0. The van der Waals surface area contributed by atoms with Gasteiger partial charge in [0, 0.05) is 5.56 Å². The molecule has 1 unspecified atom stereocenters. The van der Waals surface area contributed by atoms with Gasteiger partial charge in [-0.3, -0.25) is 5.10 Å².